The topological polar surface area (TPSA) is 60.9 Å². The summed E-state index contributed by atoms with van der Waals surface area (Å²) in [6, 6.07) is 11.8. The summed E-state index contributed by atoms with van der Waals surface area (Å²) < 4.78 is 20.6. The predicted octanol–water partition coefficient (Wildman–Crippen LogP) is 3.70. The molecule has 0 spiro atoms. The Balaban J connectivity index is 1.87. The highest BCUT2D eigenvalue weighted by Crippen LogP contribution is 2.22. The van der Waals surface area contributed by atoms with Crippen molar-refractivity contribution in [3.63, 3.8) is 0 Å². The quantitative estimate of drug-likeness (QED) is 0.560. The van der Waals surface area contributed by atoms with Crippen molar-refractivity contribution in [2.45, 2.75) is 6.92 Å². The third-order valence-electron chi connectivity index (χ3n) is 4.12. The Kier molecular flexibility index (Phi) is 3.46. The molecule has 0 aliphatic carbocycles. The van der Waals surface area contributed by atoms with Crippen LogP contribution in [-0.2, 0) is 7.05 Å². The van der Waals surface area contributed by atoms with Crippen LogP contribution in [0.1, 0.15) is 5.56 Å². The van der Waals surface area contributed by atoms with E-state index in [2.05, 4.69) is 10.1 Å². The lowest BCUT2D eigenvalue weighted by molar-refractivity contribution is 0.432. The first kappa shape index (κ1) is 15.3. The van der Waals surface area contributed by atoms with E-state index in [1.54, 1.807) is 23.9 Å². The second-order valence-corrected chi connectivity index (χ2v) is 5.93. The van der Waals surface area contributed by atoms with Crippen LogP contribution in [0.5, 0.6) is 0 Å². The van der Waals surface area contributed by atoms with Gasteiger partial charge in [-0.2, -0.15) is 4.98 Å². The number of pyridine rings is 1. The number of hydrogen-bond acceptors (Lipinski definition) is 4. The van der Waals surface area contributed by atoms with Crippen molar-refractivity contribution >= 4 is 10.9 Å². The van der Waals surface area contributed by atoms with E-state index < -0.39 is 5.82 Å². The number of nitrogens with zero attached hydrogens (tertiary/aromatic N) is 3. The monoisotopic (exact) mass is 335 g/mol. The van der Waals surface area contributed by atoms with Gasteiger partial charge in [0.2, 0.25) is 11.3 Å². The van der Waals surface area contributed by atoms with E-state index in [9.17, 15) is 9.18 Å². The molecule has 5 nitrogen and oxygen atoms in total. The van der Waals surface area contributed by atoms with Crippen LogP contribution in [-0.4, -0.2) is 14.7 Å². The molecule has 0 bridgehead atoms. The Morgan fingerprint density at radius 2 is 1.88 bits per heavy atom. The fraction of sp³-hybridized carbons (Fsp3) is 0.105. The minimum Gasteiger partial charge on any atom is -0.350 e. The molecule has 0 radical (unpaired) electrons. The maximum absolute atomic E-state index is 13.5. The van der Waals surface area contributed by atoms with Gasteiger partial charge in [0.1, 0.15) is 11.4 Å². The van der Waals surface area contributed by atoms with Gasteiger partial charge in [-0.05, 0) is 25.1 Å². The van der Waals surface area contributed by atoms with Crippen LogP contribution in [0.3, 0.4) is 0 Å². The fourth-order valence-corrected chi connectivity index (χ4v) is 2.77. The summed E-state index contributed by atoms with van der Waals surface area (Å²) in [7, 11) is 1.78. The van der Waals surface area contributed by atoms with Crippen LogP contribution in [0.25, 0.3) is 33.7 Å². The Labute approximate surface area is 142 Å². The highest BCUT2D eigenvalue weighted by molar-refractivity contribution is 5.82. The molecule has 4 aromatic rings. The zero-order chi connectivity index (χ0) is 17.6. The van der Waals surface area contributed by atoms with Crippen LogP contribution in [0, 0.1) is 12.7 Å². The molecular formula is C19H14FN3O2. The van der Waals surface area contributed by atoms with Gasteiger partial charge in [0.25, 0.3) is 5.89 Å². The zero-order valence-electron chi connectivity index (χ0n) is 13.7. The molecule has 0 saturated carbocycles. The second-order valence-electron chi connectivity index (χ2n) is 5.93. The van der Waals surface area contributed by atoms with Crippen molar-refractivity contribution in [3.8, 4) is 22.8 Å². The summed E-state index contributed by atoms with van der Waals surface area (Å²) in [5.74, 6) is 0.0475. The molecular weight excluding hydrogens is 321 g/mol. The number of halogens is 1. The molecule has 0 saturated heterocycles. The molecule has 0 unspecified atom stereocenters. The number of benzene rings is 2. The highest BCUT2D eigenvalue weighted by Gasteiger charge is 2.17. The molecule has 2 heterocycles. The average molecular weight is 335 g/mol. The number of hydrogen-bond donors (Lipinski definition) is 0. The normalized spacial score (nSPS) is 11.2. The van der Waals surface area contributed by atoms with Crippen molar-refractivity contribution in [1.29, 1.82) is 0 Å². The Morgan fingerprint density at radius 1 is 1.12 bits per heavy atom. The molecule has 2 aromatic heterocycles. The molecule has 0 fully saturated rings. The predicted molar refractivity (Wildman–Crippen MR) is 92.6 cm³/mol. The first-order chi connectivity index (χ1) is 12.0. The minimum atomic E-state index is -0.465. The van der Waals surface area contributed by atoms with Gasteiger partial charge in [0.05, 0.1) is 5.52 Å². The van der Waals surface area contributed by atoms with Crippen molar-refractivity contribution in [2.24, 2.45) is 7.05 Å². The molecule has 25 heavy (non-hydrogen) atoms. The van der Waals surface area contributed by atoms with Crippen LogP contribution in [0.15, 0.2) is 58.0 Å². The molecule has 2 aromatic carbocycles. The van der Waals surface area contributed by atoms with E-state index in [1.807, 2.05) is 31.2 Å². The fourth-order valence-electron chi connectivity index (χ4n) is 2.77. The molecule has 0 N–H and O–H groups in total. The van der Waals surface area contributed by atoms with Gasteiger partial charge in [-0.15, -0.1) is 0 Å². The van der Waals surface area contributed by atoms with Gasteiger partial charge < -0.3 is 9.09 Å². The Morgan fingerprint density at radius 3 is 2.64 bits per heavy atom. The molecule has 0 aliphatic rings. The third kappa shape index (κ3) is 2.61. The standard InChI is InChI=1S/C19H14FN3O2/c1-11-3-5-12(6-4-11)18-21-19(25-22-18)15-10-23(2)16-8-7-13(20)9-14(16)17(15)24/h3-10H,1-2H3. The smallest absolute Gasteiger partial charge is 0.263 e. The van der Waals surface area contributed by atoms with Gasteiger partial charge in [-0.1, -0.05) is 35.0 Å². The summed E-state index contributed by atoms with van der Waals surface area (Å²) in [5.41, 5.74) is 2.45. The van der Waals surface area contributed by atoms with Gasteiger partial charge in [0, 0.05) is 24.2 Å². The number of fused-ring (bicyclic) bond motifs is 1. The van der Waals surface area contributed by atoms with Gasteiger partial charge in [-0.25, -0.2) is 4.39 Å². The summed E-state index contributed by atoms with van der Waals surface area (Å²) in [5, 5.41) is 4.23. The molecule has 6 heteroatoms. The van der Waals surface area contributed by atoms with Gasteiger partial charge >= 0.3 is 0 Å². The minimum absolute atomic E-state index is 0.113. The maximum atomic E-state index is 13.5. The second kappa shape index (κ2) is 5.66. The summed E-state index contributed by atoms with van der Waals surface area (Å²) >= 11 is 0. The van der Waals surface area contributed by atoms with E-state index >= 15 is 0 Å². The number of aryl methyl sites for hydroxylation is 2. The van der Waals surface area contributed by atoms with Crippen LogP contribution >= 0.6 is 0 Å². The summed E-state index contributed by atoms with van der Waals surface area (Å²) in [4.78, 5) is 17.0. The van der Waals surface area contributed by atoms with Crippen molar-refractivity contribution in [3.05, 3.63) is 70.3 Å². The van der Waals surface area contributed by atoms with E-state index in [4.69, 9.17) is 4.52 Å². The summed E-state index contributed by atoms with van der Waals surface area (Å²) in [6.07, 6.45) is 1.62. The first-order valence-corrected chi connectivity index (χ1v) is 7.73. The van der Waals surface area contributed by atoms with Gasteiger partial charge in [-0.3, -0.25) is 4.79 Å². The molecule has 0 amide bonds. The van der Waals surface area contributed by atoms with Crippen LogP contribution < -0.4 is 5.43 Å². The number of aromatic nitrogens is 3. The lowest BCUT2D eigenvalue weighted by atomic mass is 10.1. The molecule has 0 atom stereocenters. The van der Waals surface area contributed by atoms with Crippen molar-refractivity contribution < 1.29 is 8.91 Å². The van der Waals surface area contributed by atoms with E-state index in [1.165, 1.54) is 12.1 Å². The van der Waals surface area contributed by atoms with Crippen LogP contribution in [0.4, 0.5) is 4.39 Å². The molecule has 0 aliphatic heterocycles. The third-order valence-corrected chi connectivity index (χ3v) is 4.12. The maximum Gasteiger partial charge on any atom is 0.263 e. The molecule has 124 valence electrons. The molecule has 4 rings (SSSR count). The van der Waals surface area contributed by atoms with E-state index in [-0.39, 0.29) is 22.3 Å². The summed E-state index contributed by atoms with van der Waals surface area (Å²) in [6.45, 7) is 1.99. The van der Waals surface area contributed by atoms with E-state index in [0.29, 0.717) is 11.3 Å². The van der Waals surface area contributed by atoms with Crippen LogP contribution in [0.2, 0.25) is 0 Å². The first-order valence-electron chi connectivity index (χ1n) is 7.73. The largest absolute Gasteiger partial charge is 0.350 e. The Bertz CT molecular complexity index is 1140. The highest BCUT2D eigenvalue weighted by atomic mass is 19.1. The number of rotatable bonds is 2. The van der Waals surface area contributed by atoms with Crippen molar-refractivity contribution in [2.75, 3.05) is 0 Å². The van der Waals surface area contributed by atoms with Crippen molar-refractivity contribution in [1.82, 2.24) is 14.7 Å². The van der Waals surface area contributed by atoms with Gasteiger partial charge in [0.15, 0.2) is 0 Å². The Hall–Kier alpha value is -3.28. The SMILES string of the molecule is Cc1ccc(-c2noc(-c3cn(C)c4ccc(F)cc4c3=O)n2)cc1. The lowest BCUT2D eigenvalue weighted by Gasteiger charge is -2.06. The van der Waals surface area contributed by atoms with E-state index in [0.717, 1.165) is 11.1 Å². The lowest BCUT2D eigenvalue weighted by Crippen LogP contribution is -2.10. The zero-order valence-corrected chi connectivity index (χ0v) is 13.7. The average Bonchev–Trinajstić information content (AvgIpc) is 3.08.